The Kier molecular flexibility index (Phi) is 10.6. The Balaban J connectivity index is 2.51. The van der Waals surface area contributed by atoms with Gasteiger partial charge in [-0.15, -0.1) is 0 Å². The van der Waals surface area contributed by atoms with E-state index in [0.29, 0.717) is 18.5 Å². The highest BCUT2D eigenvalue weighted by molar-refractivity contribution is 5.80. The van der Waals surface area contributed by atoms with Gasteiger partial charge in [0.05, 0.1) is 19.3 Å². The molecule has 0 saturated carbocycles. The minimum atomic E-state index is 0.381. The summed E-state index contributed by atoms with van der Waals surface area (Å²) in [5, 5.41) is 6.79. The van der Waals surface area contributed by atoms with Crippen LogP contribution in [-0.4, -0.2) is 55.2 Å². The van der Waals surface area contributed by atoms with Crippen molar-refractivity contribution >= 4 is 5.96 Å². The number of guanidine groups is 1. The second-order valence-corrected chi connectivity index (χ2v) is 6.08. The molecule has 0 aliphatic heterocycles. The maximum atomic E-state index is 5.16. The molecule has 0 amide bonds. The number of nitrogens with zero attached hydrogens (tertiary/aromatic N) is 3. The molecule has 0 spiro atoms. The molecule has 142 valence electrons. The topological polar surface area (TPSA) is 61.8 Å². The lowest BCUT2D eigenvalue weighted by Gasteiger charge is -2.21. The highest BCUT2D eigenvalue weighted by atomic mass is 16.5. The number of ether oxygens (including phenoxy) is 1. The molecule has 1 aromatic heterocycles. The third-order valence-corrected chi connectivity index (χ3v) is 4.12. The molecule has 1 unspecified atom stereocenters. The highest BCUT2D eigenvalue weighted by Crippen LogP contribution is 2.07. The van der Waals surface area contributed by atoms with Crippen LogP contribution in [0.2, 0.25) is 0 Å². The van der Waals surface area contributed by atoms with Gasteiger partial charge >= 0.3 is 0 Å². The van der Waals surface area contributed by atoms with Crippen molar-refractivity contribution in [1.29, 1.82) is 0 Å². The lowest BCUT2D eigenvalue weighted by Crippen LogP contribution is -2.42. The van der Waals surface area contributed by atoms with Crippen LogP contribution in [0.1, 0.15) is 46.2 Å². The first-order chi connectivity index (χ1) is 12.1. The van der Waals surface area contributed by atoms with Gasteiger partial charge in [-0.25, -0.2) is 9.98 Å². The second-order valence-electron chi connectivity index (χ2n) is 6.08. The van der Waals surface area contributed by atoms with E-state index in [4.69, 9.17) is 4.74 Å². The van der Waals surface area contributed by atoms with E-state index < -0.39 is 0 Å². The summed E-state index contributed by atoms with van der Waals surface area (Å²) in [5.41, 5.74) is 0.894. The van der Waals surface area contributed by atoms with Gasteiger partial charge in [0.25, 0.3) is 0 Å². The van der Waals surface area contributed by atoms with E-state index >= 15 is 0 Å². The van der Waals surface area contributed by atoms with Gasteiger partial charge in [-0.05, 0) is 52.4 Å². The van der Waals surface area contributed by atoms with Crippen LogP contribution in [0.15, 0.2) is 23.2 Å². The number of nitrogens with one attached hydrogen (secondary N) is 2. The third kappa shape index (κ3) is 8.72. The molecule has 0 bridgehead atoms. The number of pyridine rings is 1. The SMILES string of the molecule is CCNC(=NCc1cccc(OC)n1)NC(C)CCCN(CC)CC. The Morgan fingerprint density at radius 3 is 2.68 bits per heavy atom. The second kappa shape index (κ2) is 12.5. The van der Waals surface area contributed by atoms with Crippen molar-refractivity contribution in [3.8, 4) is 5.88 Å². The van der Waals surface area contributed by atoms with E-state index in [2.05, 4.69) is 53.2 Å². The molecule has 1 rings (SSSR count). The number of aromatic nitrogens is 1. The Labute approximate surface area is 153 Å². The Hall–Kier alpha value is -1.82. The summed E-state index contributed by atoms with van der Waals surface area (Å²) >= 11 is 0. The predicted molar refractivity (Wildman–Crippen MR) is 105 cm³/mol. The number of hydrogen-bond acceptors (Lipinski definition) is 4. The Morgan fingerprint density at radius 2 is 2.04 bits per heavy atom. The van der Waals surface area contributed by atoms with Crippen molar-refractivity contribution in [3.63, 3.8) is 0 Å². The van der Waals surface area contributed by atoms with Crippen LogP contribution in [0.5, 0.6) is 5.88 Å². The molecule has 0 fully saturated rings. The van der Waals surface area contributed by atoms with Crippen molar-refractivity contribution in [1.82, 2.24) is 20.5 Å². The minimum Gasteiger partial charge on any atom is -0.481 e. The molecule has 0 aliphatic carbocycles. The fraction of sp³-hybridized carbons (Fsp3) is 0.684. The molecular formula is C19H35N5O. The van der Waals surface area contributed by atoms with Crippen molar-refractivity contribution in [2.24, 2.45) is 4.99 Å². The van der Waals surface area contributed by atoms with Gasteiger partial charge in [-0.1, -0.05) is 19.9 Å². The molecular weight excluding hydrogens is 314 g/mol. The van der Waals surface area contributed by atoms with Crippen LogP contribution in [0.4, 0.5) is 0 Å². The van der Waals surface area contributed by atoms with E-state index in [1.54, 1.807) is 7.11 Å². The Bertz CT molecular complexity index is 502. The minimum absolute atomic E-state index is 0.381. The average molecular weight is 350 g/mol. The highest BCUT2D eigenvalue weighted by Gasteiger charge is 2.07. The molecule has 25 heavy (non-hydrogen) atoms. The van der Waals surface area contributed by atoms with Crippen LogP contribution in [0.25, 0.3) is 0 Å². The lowest BCUT2D eigenvalue weighted by molar-refractivity contribution is 0.292. The molecule has 0 aliphatic rings. The molecule has 1 atom stereocenters. The normalized spacial score (nSPS) is 13.0. The van der Waals surface area contributed by atoms with E-state index in [9.17, 15) is 0 Å². The van der Waals surface area contributed by atoms with Crippen LogP contribution in [0.3, 0.4) is 0 Å². The van der Waals surface area contributed by atoms with Crippen molar-refractivity contribution < 1.29 is 4.74 Å². The third-order valence-electron chi connectivity index (χ3n) is 4.12. The molecule has 0 radical (unpaired) electrons. The van der Waals surface area contributed by atoms with E-state index in [1.165, 1.54) is 6.42 Å². The van der Waals surface area contributed by atoms with Crippen LogP contribution in [0, 0.1) is 0 Å². The number of methoxy groups -OCH3 is 1. The molecule has 2 N–H and O–H groups in total. The first-order valence-electron chi connectivity index (χ1n) is 9.39. The largest absolute Gasteiger partial charge is 0.481 e. The lowest BCUT2D eigenvalue weighted by atomic mass is 10.2. The summed E-state index contributed by atoms with van der Waals surface area (Å²) in [7, 11) is 1.63. The summed E-state index contributed by atoms with van der Waals surface area (Å²) in [6.07, 6.45) is 2.31. The monoisotopic (exact) mass is 349 g/mol. The molecule has 6 nitrogen and oxygen atoms in total. The zero-order valence-electron chi connectivity index (χ0n) is 16.5. The van der Waals surface area contributed by atoms with E-state index in [1.807, 2.05) is 18.2 Å². The molecule has 0 aromatic carbocycles. The number of rotatable bonds is 11. The van der Waals surface area contributed by atoms with E-state index in [-0.39, 0.29) is 0 Å². The summed E-state index contributed by atoms with van der Waals surface area (Å²) in [4.78, 5) is 11.5. The van der Waals surface area contributed by atoms with Gasteiger partial charge in [0.1, 0.15) is 0 Å². The van der Waals surface area contributed by atoms with Crippen LogP contribution >= 0.6 is 0 Å². The maximum absolute atomic E-state index is 5.16. The number of hydrogen-bond donors (Lipinski definition) is 2. The van der Waals surface area contributed by atoms with Crippen molar-refractivity contribution in [2.75, 3.05) is 33.3 Å². The molecule has 1 heterocycles. The van der Waals surface area contributed by atoms with Crippen molar-refractivity contribution in [2.45, 2.75) is 53.1 Å². The van der Waals surface area contributed by atoms with Gasteiger partial charge in [0.2, 0.25) is 5.88 Å². The smallest absolute Gasteiger partial charge is 0.213 e. The zero-order chi connectivity index (χ0) is 18.5. The van der Waals surface area contributed by atoms with Gasteiger partial charge in [0.15, 0.2) is 5.96 Å². The average Bonchev–Trinajstić information content (AvgIpc) is 2.63. The molecule has 0 saturated heterocycles. The first-order valence-corrected chi connectivity index (χ1v) is 9.39. The standard InChI is InChI=1S/C19H35N5O/c1-6-20-19(21-15-17-12-9-13-18(23-17)25-5)22-16(4)11-10-14-24(7-2)8-3/h9,12-13,16H,6-8,10-11,14-15H2,1-5H3,(H2,20,21,22). The maximum Gasteiger partial charge on any atom is 0.213 e. The van der Waals surface area contributed by atoms with Crippen LogP contribution in [-0.2, 0) is 6.54 Å². The fourth-order valence-electron chi connectivity index (χ4n) is 2.61. The summed E-state index contributed by atoms with van der Waals surface area (Å²) in [6, 6.07) is 6.12. The van der Waals surface area contributed by atoms with Gasteiger partial charge in [-0.2, -0.15) is 0 Å². The first kappa shape index (κ1) is 21.2. The molecule has 6 heteroatoms. The van der Waals surface area contributed by atoms with Crippen LogP contribution < -0.4 is 15.4 Å². The van der Waals surface area contributed by atoms with Gasteiger partial charge < -0.3 is 20.3 Å². The summed E-state index contributed by atoms with van der Waals surface area (Å²) in [5.74, 6) is 1.46. The van der Waals surface area contributed by atoms with Gasteiger partial charge in [0, 0.05) is 18.7 Å². The summed E-state index contributed by atoms with van der Waals surface area (Å²) in [6.45, 7) is 13.5. The van der Waals surface area contributed by atoms with E-state index in [0.717, 1.165) is 44.3 Å². The zero-order valence-corrected chi connectivity index (χ0v) is 16.5. The predicted octanol–water partition coefficient (Wildman–Crippen LogP) is 2.66. The quantitative estimate of drug-likeness (QED) is 0.475. The van der Waals surface area contributed by atoms with Gasteiger partial charge in [-0.3, -0.25) is 0 Å². The molecule has 1 aromatic rings. The van der Waals surface area contributed by atoms with Crippen molar-refractivity contribution in [3.05, 3.63) is 23.9 Å². The number of aliphatic imine (C=N–C) groups is 1. The Morgan fingerprint density at radius 1 is 1.28 bits per heavy atom. The fourth-order valence-corrected chi connectivity index (χ4v) is 2.61. The summed E-state index contributed by atoms with van der Waals surface area (Å²) < 4.78 is 5.16.